The van der Waals surface area contributed by atoms with Gasteiger partial charge in [-0.2, -0.15) is 5.10 Å². The van der Waals surface area contributed by atoms with E-state index in [1.807, 2.05) is 6.07 Å². The molecule has 1 saturated heterocycles. The van der Waals surface area contributed by atoms with Crippen LogP contribution in [0.4, 0.5) is 5.82 Å². The van der Waals surface area contributed by atoms with Crippen LogP contribution >= 0.6 is 15.9 Å². The minimum absolute atomic E-state index is 0.170. The van der Waals surface area contributed by atoms with E-state index in [1.165, 1.54) is 12.5 Å². The van der Waals surface area contributed by atoms with Crippen molar-refractivity contribution in [3.8, 4) is 0 Å². The lowest BCUT2D eigenvalue weighted by molar-refractivity contribution is 0.0525. The van der Waals surface area contributed by atoms with E-state index in [-0.39, 0.29) is 6.04 Å². The number of fused-ring (bicyclic) bond motifs is 1. The monoisotopic (exact) mass is 367 g/mol. The molecule has 1 aliphatic heterocycles. The number of rotatable bonds is 3. The molecule has 0 spiro atoms. The molecule has 3 rings (SSSR count). The molecular weight excluding hydrogens is 350 g/mol. The maximum Gasteiger partial charge on any atom is 0.152 e. The SMILES string of the molecule is N/C=C(/c1cc(Br)n2ncnc(N)c12)N(N)C1CCOCC1. The molecule has 0 saturated carbocycles. The first-order valence-electron chi connectivity index (χ1n) is 6.95. The third-order valence-electron chi connectivity index (χ3n) is 3.84. The summed E-state index contributed by atoms with van der Waals surface area (Å²) in [7, 11) is 0. The Balaban J connectivity index is 2.04. The van der Waals surface area contributed by atoms with E-state index in [9.17, 15) is 0 Å². The van der Waals surface area contributed by atoms with Crippen molar-refractivity contribution in [3.63, 3.8) is 0 Å². The summed E-state index contributed by atoms with van der Waals surface area (Å²) in [5, 5.41) is 5.87. The van der Waals surface area contributed by atoms with Gasteiger partial charge in [-0.1, -0.05) is 0 Å². The van der Waals surface area contributed by atoms with Crippen LogP contribution in [0.3, 0.4) is 0 Å². The van der Waals surface area contributed by atoms with Crippen LogP contribution in [0.1, 0.15) is 18.4 Å². The molecule has 0 amide bonds. The van der Waals surface area contributed by atoms with E-state index in [1.54, 1.807) is 9.52 Å². The Hall–Kier alpha value is -1.84. The fraction of sp³-hybridized carbons (Fsp3) is 0.385. The van der Waals surface area contributed by atoms with Gasteiger partial charge < -0.3 is 21.2 Å². The van der Waals surface area contributed by atoms with Crippen LogP contribution in [0.5, 0.6) is 0 Å². The molecule has 0 bridgehead atoms. The first-order valence-corrected chi connectivity index (χ1v) is 7.74. The molecule has 22 heavy (non-hydrogen) atoms. The molecule has 0 radical (unpaired) electrons. The van der Waals surface area contributed by atoms with E-state index in [4.69, 9.17) is 22.0 Å². The summed E-state index contributed by atoms with van der Waals surface area (Å²) in [5.74, 6) is 6.68. The predicted octanol–water partition coefficient (Wildman–Crippen LogP) is 0.686. The Morgan fingerprint density at radius 1 is 1.45 bits per heavy atom. The molecule has 0 atom stereocenters. The van der Waals surface area contributed by atoms with Crippen molar-refractivity contribution in [2.24, 2.45) is 11.6 Å². The van der Waals surface area contributed by atoms with Crippen LogP contribution in [0.2, 0.25) is 0 Å². The standard InChI is InChI=1S/C13H18BrN7O/c14-11-5-9(12-13(16)18-7-19-21(11)12)10(6-15)20(17)8-1-3-22-4-2-8/h5-8H,1-4,15,17H2,(H2,16,18,19)/b10-6-. The van der Waals surface area contributed by atoms with Crippen LogP contribution in [-0.2, 0) is 4.74 Å². The number of anilines is 1. The number of hydrogen-bond acceptors (Lipinski definition) is 7. The van der Waals surface area contributed by atoms with Gasteiger partial charge in [0.15, 0.2) is 5.82 Å². The van der Waals surface area contributed by atoms with Crippen molar-refractivity contribution < 1.29 is 4.74 Å². The largest absolute Gasteiger partial charge is 0.403 e. The minimum atomic E-state index is 0.170. The van der Waals surface area contributed by atoms with Crippen LogP contribution in [0.25, 0.3) is 11.2 Å². The van der Waals surface area contributed by atoms with E-state index in [2.05, 4.69) is 26.0 Å². The zero-order valence-electron chi connectivity index (χ0n) is 11.9. The van der Waals surface area contributed by atoms with Crippen LogP contribution in [0.15, 0.2) is 23.2 Å². The molecule has 1 fully saturated rings. The summed E-state index contributed by atoms with van der Waals surface area (Å²) >= 11 is 3.46. The number of aromatic nitrogens is 3. The number of ether oxygens (including phenoxy) is 1. The average molecular weight is 368 g/mol. The molecular formula is C13H18BrN7O. The van der Waals surface area contributed by atoms with Gasteiger partial charge in [0.25, 0.3) is 0 Å². The molecule has 118 valence electrons. The van der Waals surface area contributed by atoms with Gasteiger partial charge in [0.05, 0.1) is 5.70 Å². The zero-order valence-corrected chi connectivity index (χ0v) is 13.5. The Bertz CT molecular complexity index is 708. The van der Waals surface area contributed by atoms with E-state index in [0.717, 1.165) is 23.0 Å². The molecule has 9 heteroatoms. The lowest BCUT2D eigenvalue weighted by Crippen LogP contribution is -2.43. The van der Waals surface area contributed by atoms with Crippen LogP contribution in [0, 0.1) is 0 Å². The van der Waals surface area contributed by atoms with Crippen LogP contribution in [-0.4, -0.2) is 38.9 Å². The molecule has 0 unspecified atom stereocenters. The predicted molar refractivity (Wildman–Crippen MR) is 87.1 cm³/mol. The Morgan fingerprint density at radius 3 is 2.86 bits per heavy atom. The highest BCUT2D eigenvalue weighted by Crippen LogP contribution is 2.31. The summed E-state index contributed by atoms with van der Waals surface area (Å²) in [6.07, 6.45) is 4.60. The van der Waals surface area contributed by atoms with E-state index < -0.39 is 0 Å². The third kappa shape index (κ3) is 2.51. The summed E-state index contributed by atoms with van der Waals surface area (Å²) in [5.41, 5.74) is 14.0. The van der Waals surface area contributed by atoms with Crippen molar-refractivity contribution in [2.45, 2.75) is 18.9 Å². The quantitative estimate of drug-likeness (QED) is 0.538. The maximum atomic E-state index is 6.31. The number of hydrogen-bond donors (Lipinski definition) is 3. The highest BCUT2D eigenvalue weighted by Gasteiger charge is 2.25. The molecule has 0 aliphatic carbocycles. The number of halogens is 1. The Labute approximate surface area is 136 Å². The van der Waals surface area contributed by atoms with Crippen molar-refractivity contribution >= 4 is 33.0 Å². The smallest absolute Gasteiger partial charge is 0.152 e. The topological polar surface area (TPSA) is 121 Å². The average Bonchev–Trinajstić information content (AvgIpc) is 2.87. The summed E-state index contributed by atoms with van der Waals surface area (Å²) in [4.78, 5) is 4.05. The van der Waals surface area contributed by atoms with Crippen molar-refractivity contribution in [3.05, 3.63) is 28.8 Å². The number of nitrogen functional groups attached to an aromatic ring is 1. The molecule has 2 aromatic rings. The molecule has 3 heterocycles. The maximum absolute atomic E-state index is 6.31. The fourth-order valence-corrected chi connectivity index (χ4v) is 3.20. The van der Waals surface area contributed by atoms with E-state index in [0.29, 0.717) is 30.2 Å². The second-order valence-electron chi connectivity index (χ2n) is 5.09. The van der Waals surface area contributed by atoms with Gasteiger partial charge in [-0.05, 0) is 34.8 Å². The van der Waals surface area contributed by atoms with Gasteiger partial charge in [0.2, 0.25) is 0 Å². The first-order chi connectivity index (χ1) is 10.6. The number of nitrogens with two attached hydrogens (primary N) is 3. The van der Waals surface area contributed by atoms with Crippen molar-refractivity contribution in [1.82, 2.24) is 19.6 Å². The third-order valence-corrected chi connectivity index (χ3v) is 4.40. The Morgan fingerprint density at radius 2 is 2.18 bits per heavy atom. The minimum Gasteiger partial charge on any atom is -0.403 e. The molecule has 0 aromatic carbocycles. The molecule has 6 N–H and O–H groups in total. The van der Waals surface area contributed by atoms with Crippen LogP contribution < -0.4 is 17.3 Å². The fourth-order valence-electron chi connectivity index (χ4n) is 2.70. The number of nitrogens with zero attached hydrogens (tertiary/aromatic N) is 4. The van der Waals surface area contributed by atoms with Gasteiger partial charge in [-0.15, -0.1) is 0 Å². The van der Waals surface area contributed by atoms with Gasteiger partial charge in [0, 0.05) is 31.0 Å². The van der Waals surface area contributed by atoms with Gasteiger partial charge in [-0.25, -0.2) is 15.3 Å². The van der Waals surface area contributed by atoms with E-state index >= 15 is 0 Å². The summed E-state index contributed by atoms with van der Waals surface area (Å²) in [6.45, 7) is 1.39. The lowest BCUT2D eigenvalue weighted by Gasteiger charge is -2.33. The molecule has 1 aliphatic rings. The lowest BCUT2D eigenvalue weighted by atomic mass is 10.1. The normalized spacial score (nSPS) is 17.1. The Kier molecular flexibility index (Phi) is 4.19. The molecule has 2 aromatic heterocycles. The van der Waals surface area contributed by atoms with Gasteiger partial charge in [0.1, 0.15) is 16.4 Å². The second-order valence-corrected chi connectivity index (χ2v) is 5.90. The van der Waals surface area contributed by atoms with Gasteiger partial charge >= 0.3 is 0 Å². The van der Waals surface area contributed by atoms with Crippen molar-refractivity contribution in [2.75, 3.05) is 18.9 Å². The highest BCUT2D eigenvalue weighted by molar-refractivity contribution is 9.10. The van der Waals surface area contributed by atoms with Gasteiger partial charge in [-0.3, -0.25) is 0 Å². The molecule has 8 nitrogen and oxygen atoms in total. The number of hydrazine groups is 1. The first kappa shape index (κ1) is 15.1. The summed E-state index contributed by atoms with van der Waals surface area (Å²) < 4.78 is 7.80. The second kappa shape index (κ2) is 6.11. The summed E-state index contributed by atoms with van der Waals surface area (Å²) in [6, 6.07) is 2.06. The van der Waals surface area contributed by atoms with Crippen molar-refractivity contribution in [1.29, 1.82) is 0 Å². The highest BCUT2D eigenvalue weighted by atomic mass is 79.9. The zero-order chi connectivity index (χ0) is 15.7.